The minimum absolute atomic E-state index is 0.261. The third-order valence-electron chi connectivity index (χ3n) is 10.2. The van der Waals surface area contributed by atoms with Crippen molar-refractivity contribution in [2.24, 2.45) is 18.4 Å². The Morgan fingerprint density at radius 2 is 1.74 bits per heavy atom. The molecule has 1 unspecified atom stereocenters. The van der Waals surface area contributed by atoms with Crippen LogP contribution >= 0.6 is 0 Å². The summed E-state index contributed by atoms with van der Waals surface area (Å²) in [4.78, 5) is 28.9. The van der Waals surface area contributed by atoms with Gasteiger partial charge in [-0.1, -0.05) is 0 Å². The molecule has 0 bridgehead atoms. The summed E-state index contributed by atoms with van der Waals surface area (Å²) >= 11 is 0. The van der Waals surface area contributed by atoms with Crippen LogP contribution in [0.2, 0.25) is 0 Å². The standard InChI is InChI=1S/C29H41FN6O2/c1-19(35-15-9-29(10-16-35)7-11-31-12-8-29)20-5-13-36(14-6-20)25-18-24-22(17-23(25)30)27(33-34(24)2)21-3-4-26(37)32-28(21)38/h17-21,31H,3-16H2,1-2H3,(H,32,37,38)/t19-,21?/m0/s1. The lowest BCUT2D eigenvalue weighted by atomic mass is 9.71. The number of amides is 2. The van der Waals surface area contributed by atoms with Crippen LogP contribution in [0.4, 0.5) is 10.1 Å². The minimum atomic E-state index is -0.529. The molecule has 4 aliphatic heterocycles. The van der Waals surface area contributed by atoms with Crippen molar-refractivity contribution in [2.45, 2.75) is 70.3 Å². The van der Waals surface area contributed by atoms with Crippen LogP contribution in [0.1, 0.15) is 69.9 Å². The minimum Gasteiger partial charge on any atom is -0.369 e. The molecule has 4 fully saturated rings. The molecule has 6 rings (SSSR count). The maximum absolute atomic E-state index is 15.5. The molecule has 5 heterocycles. The Hall–Kier alpha value is -2.52. The van der Waals surface area contributed by atoms with Crippen LogP contribution in [0, 0.1) is 17.2 Å². The van der Waals surface area contributed by atoms with E-state index in [-0.39, 0.29) is 24.1 Å². The van der Waals surface area contributed by atoms with Crippen LogP contribution in [-0.2, 0) is 16.6 Å². The van der Waals surface area contributed by atoms with Crippen LogP contribution in [0.3, 0.4) is 0 Å². The normalized spacial score (nSPS) is 26.2. The number of hydrogen-bond acceptors (Lipinski definition) is 6. The highest BCUT2D eigenvalue weighted by Gasteiger charge is 2.38. The van der Waals surface area contributed by atoms with Gasteiger partial charge in [0, 0.05) is 38.0 Å². The maximum atomic E-state index is 15.5. The molecular weight excluding hydrogens is 483 g/mol. The SMILES string of the molecule is C[C@@H](C1CCN(c2cc3c(cc2F)c(C2CCC(=O)NC2=O)nn3C)CC1)N1CCC2(CCNCC2)CC1. The fourth-order valence-electron chi connectivity index (χ4n) is 7.53. The van der Waals surface area contributed by atoms with Gasteiger partial charge in [0.1, 0.15) is 5.82 Å². The van der Waals surface area contributed by atoms with Gasteiger partial charge in [-0.3, -0.25) is 19.6 Å². The Labute approximate surface area is 224 Å². The molecule has 1 aromatic carbocycles. The second-order valence-electron chi connectivity index (χ2n) is 12.2. The van der Waals surface area contributed by atoms with Gasteiger partial charge in [0.15, 0.2) is 0 Å². The second-order valence-corrected chi connectivity index (χ2v) is 12.2. The van der Waals surface area contributed by atoms with E-state index in [9.17, 15) is 9.59 Å². The first-order valence-corrected chi connectivity index (χ1v) is 14.5. The van der Waals surface area contributed by atoms with Crippen molar-refractivity contribution in [3.05, 3.63) is 23.6 Å². The lowest BCUT2D eigenvalue weighted by Gasteiger charge is -2.48. The molecule has 8 nitrogen and oxygen atoms in total. The number of halogens is 1. The first kappa shape index (κ1) is 25.7. The van der Waals surface area contributed by atoms with E-state index in [1.54, 1.807) is 4.68 Å². The molecular formula is C29H41FN6O2. The number of hydrogen-bond donors (Lipinski definition) is 2. The number of nitrogens with one attached hydrogen (secondary N) is 2. The second kappa shape index (κ2) is 10.2. The first-order chi connectivity index (χ1) is 18.3. The van der Waals surface area contributed by atoms with Crippen molar-refractivity contribution in [1.29, 1.82) is 0 Å². The molecule has 2 aromatic rings. The number of nitrogens with zero attached hydrogens (tertiary/aromatic N) is 4. The number of likely N-dealkylation sites (tertiary alicyclic amines) is 1. The molecule has 2 amide bonds. The Bertz CT molecular complexity index is 1200. The van der Waals surface area contributed by atoms with E-state index in [4.69, 9.17) is 0 Å². The molecule has 0 radical (unpaired) electrons. The van der Waals surface area contributed by atoms with Crippen molar-refractivity contribution in [3.8, 4) is 0 Å². The van der Waals surface area contributed by atoms with E-state index in [1.165, 1.54) is 57.9 Å². The van der Waals surface area contributed by atoms with Crippen LogP contribution in [0.15, 0.2) is 12.1 Å². The Morgan fingerprint density at radius 1 is 1.03 bits per heavy atom. The Kier molecular flexibility index (Phi) is 6.93. The number of anilines is 1. The molecule has 0 aliphatic carbocycles. The van der Waals surface area contributed by atoms with E-state index < -0.39 is 5.92 Å². The number of carbonyl (C=O) groups is 2. The number of rotatable bonds is 4. The summed E-state index contributed by atoms with van der Waals surface area (Å²) < 4.78 is 17.2. The Morgan fingerprint density at radius 3 is 2.42 bits per heavy atom. The summed E-state index contributed by atoms with van der Waals surface area (Å²) in [5.74, 6) is -0.770. The van der Waals surface area contributed by atoms with Crippen LogP contribution in [0.5, 0.6) is 0 Å². The zero-order chi connectivity index (χ0) is 26.4. The van der Waals surface area contributed by atoms with E-state index in [0.29, 0.717) is 40.6 Å². The van der Waals surface area contributed by atoms with Crippen molar-refractivity contribution < 1.29 is 14.0 Å². The summed E-state index contributed by atoms with van der Waals surface area (Å²) in [5, 5.41) is 11.2. The molecule has 38 heavy (non-hydrogen) atoms. The lowest BCUT2D eigenvalue weighted by Crippen LogP contribution is -2.51. The Balaban J connectivity index is 1.11. The predicted molar refractivity (Wildman–Crippen MR) is 146 cm³/mol. The van der Waals surface area contributed by atoms with Crippen molar-refractivity contribution in [2.75, 3.05) is 44.2 Å². The van der Waals surface area contributed by atoms with Gasteiger partial charge in [0.25, 0.3) is 0 Å². The molecule has 1 spiro atoms. The number of benzene rings is 1. The summed E-state index contributed by atoms with van der Waals surface area (Å²) in [6, 6.07) is 3.99. The molecule has 206 valence electrons. The molecule has 2 atom stereocenters. The van der Waals surface area contributed by atoms with E-state index in [1.807, 2.05) is 13.1 Å². The zero-order valence-electron chi connectivity index (χ0n) is 22.8. The summed E-state index contributed by atoms with van der Waals surface area (Å²) in [7, 11) is 1.83. The number of fused-ring (bicyclic) bond motifs is 1. The number of piperidine rings is 4. The number of aryl methyl sites for hydroxylation is 1. The molecule has 2 N–H and O–H groups in total. The largest absolute Gasteiger partial charge is 0.369 e. The topological polar surface area (TPSA) is 82.5 Å². The first-order valence-electron chi connectivity index (χ1n) is 14.5. The van der Waals surface area contributed by atoms with Gasteiger partial charge in [-0.05, 0) is 102 Å². The van der Waals surface area contributed by atoms with Crippen molar-refractivity contribution in [1.82, 2.24) is 25.3 Å². The van der Waals surface area contributed by atoms with Crippen LogP contribution in [-0.4, -0.2) is 71.8 Å². The van der Waals surface area contributed by atoms with Gasteiger partial charge in [-0.25, -0.2) is 4.39 Å². The number of aromatic nitrogens is 2. The average Bonchev–Trinajstić information content (AvgIpc) is 3.23. The fraction of sp³-hybridized carbons (Fsp3) is 0.690. The quantitative estimate of drug-likeness (QED) is 0.598. The van der Waals surface area contributed by atoms with E-state index in [2.05, 4.69) is 32.5 Å². The molecule has 9 heteroatoms. The molecule has 4 aliphatic rings. The van der Waals surface area contributed by atoms with Crippen molar-refractivity contribution >= 4 is 28.4 Å². The highest BCUT2D eigenvalue weighted by Crippen LogP contribution is 2.41. The molecule has 1 aromatic heterocycles. The van der Waals surface area contributed by atoms with Gasteiger partial charge >= 0.3 is 0 Å². The van der Waals surface area contributed by atoms with Gasteiger partial charge in [0.2, 0.25) is 11.8 Å². The molecule has 0 saturated carbocycles. The number of carbonyl (C=O) groups excluding carboxylic acids is 2. The van der Waals surface area contributed by atoms with Crippen LogP contribution in [0.25, 0.3) is 10.9 Å². The maximum Gasteiger partial charge on any atom is 0.235 e. The average molecular weight is 525 g/mol. The predicted octanol–water partition coefficient (Wildman–Crippen LogP) is 3.30. The highest BCUT2D eigenvalue weighted by molar-refractivity contribution is 6.02. The lowest BCUT2D eigenvalue weighted by molar-refractivity contribution is -0.134. The van der Waals surface area contributed by atoms with Gasteiger partial charge < -0.3 is 15.1 Å². The monoisotopic (exact) mass is 524 g/mol. The summed E-state index contributed by atoms with van der Waals surface area (Å²) in [6.07, 6.45) is 8.13. The smallest absolute Gasteiger partial charge is 0.235 e. The third-order valence-corrected chi connectivity index (χ3v) is 10.2. The fourth-order valence-corrected chi connectivity index (χ4v) is 7.53. The van der Waals surface area contributed by atoms with Gasteiger partial charge in [-0.15, -0.1) is 0 Å². The zero-order valence-corrected chi connectivity index (χ0v) is 22.8. The molecule has 4 saturated heterocycles. The van der Waals surface area contributed by atoms with E-state index >= 15 is 4.39 Å². The van der Waals surface area contributed by atoms with Gasteiger partial charge in [-0.2, -0.15) is 5.10 Å². The summed E-state index contributed by atoms with van der Waals surface area (Å²) in [6.45, 7) is 8.86. The van der Waals surface area contributed by atoms with Crippen LogP contribution < -0.4 is 15.5 Å². The van der Waals surface area contributed by atoms with Gasteiger partial charge in [0.05, 0.1) is 22.8 Å². The summed E-state index contributed by atoms with van der Waals surface area (Å²) in [5.41, 5.74) is 2.56. The number of imide groups is 1. The van der Waals surface area contributed by atoms with E-state index in [0.717, 1.165) is 31.4 Å². The third kappa shape index (κ3) is 4.72. The van der Waals surface area contributed by atoms with Crippen molar-refractivity contribution in [3.63, 3.8) is 0 Å². The highest BCUT2D eigenvalue weighted by atomic mass is 19.1.